The molecule has 2 aliphatic rings. The van der Waals surface area contributed by atoms with E-state index < -0.39 is 0 Å². The number of thiocarbonyl (C=S) groups is 1. The second-order valence-corrected chi connectivity index (χ2v) is 8.02. The number of allylic oxidation sites excluding steroid dienone is 1. The van der Waals surface area contributed by atoms with Crippen molar-refractivity contribution in [1.82, 2.24) is 10.2 Å². The lowest BCUT2D eigenvalue weighted by Crippen LogP contribution is -2.51. The summed E-state index contributed by atoms with van der Waals surface area (Å²) in [4.78, 5) is 17.3. The van der Waals surface area contributed by atoms with Gasteiger partial charge in [0.2, 0.25) is 0 Å². The van der Waals surface area contributed by atoms with Crippen LogP contribution in [0.1, 0.15) is 18.5 Å². The lowest BCUT2D eigenvalue weighted by Gasteiger charge is -2.40. The molecule has 2 aromatic rings. The van der Waals surface area contributed by atoms with Gasteiger partial charge in [-0.25, -0.2) is 0 Å². The van der Waals surface area contributed by atoms with E-state index >= 15 is 0 Å². The van der Waals surface area contributed by atoms with Crippen LogP contribution in [0, 0.1) is 0 Å². The van der Waals surface area contributed by atoms with Gasteiger partial charge >= 0.3 is 0 Å². The summed E-state index contributed by atoms with van der Waals surface area (Å²) in [5.74, 6) is 0.708. The highest BCUT2D eigenvalue weighted by atomic mass is 32.1. The monoisotopic (exact) mass is 429 g/mol. The standard InChI is InChI=1S/C21H23N3O3S2/c1-14-18(20(25)23-8-10-27-11-9-23)19(15-7-12-29-13-15)22-21(28)24(14)16-5-3-4-6-17(16)26-2/h3-7,12-13,19H,8-11H2,1-2H3,(H,22,28)/t19-/m0/s1. The molecule has 152 valence electrons. The van der Waals surface area contributed by atoms with Crippen LogP contribution < -0.4 is 15.0 Å². The van der Waals surface area contributed by atoms with Crippen molar-refractivity contribution in [3.05, 3.63) is 57.9 Å². The van der Waals surface area contributed by atoms with Crippen molar-refractivity contribution in [1.29, 1.82) is 0 Å². The lowest BCUT2D eigenvalue weighted by atomic mass is 9.95. The Morgan fingerprint density at radius 3 is 2.72 bits per heavy atom. The van der Waals surface area contributed by atoms with Crippen molar-refractivity contribution in [3.63, 3.8) is 0 Å². The van der Waals surface area contributed by atoms with Gasteiger partial charge in [0, 0.05) is 18.8 Å². The molecule has 8 heteroatoms. The van der Waals surface area contributed by atoms with Crippen molar-refractivity contribution in [2.45, 2.75) is 13.0 Å². The minimum atomic E-state index is -0.282. The maximum absolute atomic E-state index is 13.6. The smallest absolute Gasteiger partial charge is 0.254 e. The minimum Gasteiger partial charge on any atom is -0.495 e. The van der Waals surface area contributed by atoms with Gasteiger partial charge in [-0.15, -0.1) is 0 Å². The van der Waals surface area contributed by atoms with Crippen molar-refractivity contribution < 1.29 is 14.3 Å². The molecule has 1 amide bonds. The van der Waals surface area contributed by atoms with E-state index in [0.29, 0.717) is 42.7 Å². The third kappa shape index (κ3) is 3.75. The topological polar surface area (TPSA) is 54.0 Å². The molecule has 1 fully saturated rings. The number of carbonyl (C=O) groups excluding carboxylic acids is 1. The number of methoxy groups -OCH3 is 1. The second kappa shape index (κ2) is 8.52. The largest absolute Gasteiger partial charge is 0.495 e. The van der Waals surface area contributed by atoms with E-state index in [1.54, 1.807) is 18.4 Å². The first kappa shape index (κ1) is 19.9. The number of rotatable bonds is 4. The summed E-state index contributed by atoms with van der Waals surface area (Å²) in [6, 6.07) is 9.43. The van der Waals surface area contributed by atoms with Gasteiger partial charge in [0.1, 0.15) is 5.75 Å². The molecule has 0 aliphatic carbocycles. The maximum atomic E-state index is 13.6. The Labute approximate surface area is 179 Å². The van der Waals surface area contributed by atoms with E-state index in [0.717, 1.165) is 16.9 Å². The summed E-state index contributed by atoms with van der Waals surface area (Å²) in [6.45, 7) is 4.25. The fourth-order valence-corrected chi connectivity index (χ4v) is 4.79. The average Bonchev–Trinajstić information content (AvgIpc) is 3.29. The number of benzene rings is 1. The summed E-state index contributed by atoms with van der Waals surface area (Å²) in [7, 11) is 1.63. The van der Waals surface area contributed by atoms with Crippen LogP contribution in [0.15, 0.2) is 52.4 Å². The summed E-state index contributed by atoms with van der Waals surface area (Å²) < 4.78 is 11.0. The van der Waals surface area contributed by atoms with Gasteiger partial charge in [-0.3, -0.25) is 9.69 Å². The molecule has 1 atom stereocenters. The number of morpholine rings is 1. The Kier molecular flexibility index (Phi) is 5.84. The van der Waals surface area contributed by atoms with E-state index in [2.05, 4.69) is 10.7 Å². The second-order valence-electron chi connectivity index (χ2n) is 6.85. The van der Waals surface area contributed by atoms with Gasteiger partial charge in [-0.2, -0.15) is 11.3 Å². The lowest BCUT2D eigenvalue weighted by molar-refractivity contribution is -0.131. The predicted octanol–water partition coefficient (Wildman–Crippen LogP) is 3.33. The van der Waals surface area contributed by atoms with Crippen molar-refractivity contribution in [2.75, 3.05) is 38.3 Å². The molecular weight excluding hydrogens is 406 g/mol. The number of nitrogens with one attached hydrogen (secondary N) is 1. The van der Waals surface area contributed by atoms with Crippen LogP contribution in [-0.2, 0) is 9.53 Å². The van der Waals surface area contributed by atoms with Crippen molar-refractivity contribution in [3.8, 4) is 5.75 Å². The van der Waals surface area contributed by atoms with Gasteiger partial charge in [0.15, 0.2) is 5.11 Å². The van der Waals surface area contributed by atoms with Gasteiger partial charge in [0.25, 0.3) is 5.91 Å². The van der Waals surface area contributed by atoms with Crippen LogP contribution in [0.2, 0.25) is 0 Å². The highest BCUT2D eigenvalue weighted by Gasteiger charge is 2.37. The highest BCUT2D eigenvalue weighted by molar-refractivity contribution is 7.80. The van der Waals surface area contributed by atoms with E-state index in [1.807, 2.05) is 52.4 Å². The van der Waals surface area contributed by atoms with Gasteiger partial charge in [0.05, 0.1) is 37.6 Å². The molecule has 1 aromatic heterocycles. The zero-order valence-electron chi connectivity index (χ0n) is 16.4. The molecule has 0 spiro atoms. The van der Waals surface area contributed by atoms with Crippen molar-refractivity contribution >= 4 is 40.3 Å². The number of ether oxygens (including phenoxy) is 2. The van der Waals surface area contributed by atoms with Gasteiger partial charge in [-0.05, 0) is 53.7 Å². The van der Waals surface area contributed by atoms with Crippen LogP contribution in [-0.4, -0.2) is 49.3 Å². The molecule has 0 saturated carbocycles. The van der Waals surface area contributed by atoms with E-state index in [-0.39, 0.29) is 11.9 Å². The minimum absolute atomic E-state index is 0.0110. The van der Waals surface area contributed by atoms with Crippen LogP contribution in [0.4, 0.5) is 5.69 Å². The number of para-hydroxylation sites is 2. The zero-order valence-corrected chi connectivity index (χ0v) is 18.0. The fraction of sp³-hybridized carbons (Fsp3) is 0.333. The molecule has 0 radical (unpaired) electrons. The fourth-order valence-electron chi connectivity index (χ4n) is 3.75. The third-order valence-corrected chi connectivity index (χ3v) is 6.22. The maximum Gasteiger partial charge on any atom is 0.254 e. The quantitative estimate of drug-likeness (QED) is 0.753. The first-order chi connectivity index (χ1) is 14.1. The molecule has 3 heterocycles. The average molecular weight is 430 g/mol. The summed E-state index contributed by atoms with van der Waals surface area (Å²) in [6.07, 6.45) is 0. The Bertz CT molecular complexity index is 936. The number of anilines is 1. The summed E-state index contributed by atoms with van der Waals surface area (Å²) >= 11 is 7.33. The Morgan fingerprint density at radius 2 is 2.03 bits per heavy atom. The number of carbonyl (C=O) groups is 1. The first-order valence-corrected chi connectivity index (χ1v) is 10.8. The first-order valence-electron chi connectivity index (χ1n) is 9.45. The highest BCUT2D eigenvalue weighted by Crippen LogP contribution is 2.38. The van der Waals surface area contributed by atoms with Crippen molar-refractivity contribution in [2.24, 2.45) is 0 Å². The van der Waals surface area contributed by atoms with Crippen LogP contribution in [0.25, 0.3) is 0 Å². The number of hydrogen-bond donors (Lipinski definition) is 1. The summed E-state index contributed by atoms with van der Waals surface area (Å²) in [5.41, 5.74) is 3.35. The molecule has 2 aliphatic heterocycles. The molecule has 0 bridgehead atoms. The Balaban J connectivity index is 1.82. The number of hydrogen-bond acceptors (Lipinski definition) is 5. The van der Waals surface area contributed by atoms with E-state index in [1.165, 1.54) is 0 Å². The molecule has 1 saturated heterocycles. The Morgan fingerprint density at radius 1 is 1.28 bits per heavy atom. The summed E-state index contributed by atoms with van der Waals surface area (Å²) in [5, 5.41) is 8.00. The van der Waals surface area contributed by atoms with Crippen LogP contribution >= 0.6 is 23.6 Å². The van der Waals surface area contributed by atoms with Crippen LogP contribution in [0.5, 0.6) is 5.75 Å². The van der Waals surface area contributed by atoms with Gasteiger partial charge < -0.3 is 19.7 Å². The molecule has 29 heavy (non-hydrogen) atoms. The molecule has 4 rings (SSSR count). The zero-order chi connectivity index (χ0) is 20.4. The normalized spacial score (nSPS) is 19.9. The molecule has 0 unspecified atom stereocenters. The molecule has 1 N–H and O–H groups in total. The van der Waals surface area contributed by atoms with E-state index in [4.69, 9.17) is 21.7 Å². The molecular formula is C21H23N3O3S2. The van der Waals surface area contributed by atoms with Gasteiger partial charge in [-0.1, -0.05) is 12.1 Å². The predicted molar refractivity (Wildman–Crippen MR) is 118 cm³/mol. The number of amides is 1. The number of thiophene rings is 1. The molecule has 1 aromatic carbocycles. The molecule has 6 nitrogen and oxygen atoms in total. The third-order valence-electron chi connectivity index (χ3n) is 5.22. The SMILES string of the molecule is COc1ccccc1N1C(=S)N[C@@H](c2ccsc2)C(C(=O)N2CCOCC2)=C1C. The van der Waals surface area contributed by atoms with Crippen LogP contribution in [0.3, 0.4) is 0 Å². The number of nitrogens with zero attached hydrogens (tertiary/aromatic N) is 2. The van der Waals surface area contributed by atoms with E-state index in [9.17, 15) is 4.79 Å². The Hall–Kier alpha value is -2.42.